The highest BCUT2D eigenvalue weighted by Gasteiger charge is 1.93. The maximum atomic E-state index is 11.1. The van der Waals surface area contributed by atoms with Crippen molar-refractivity contribution < 1.29 is 4.79 Å². The first-order chi connectivity index (χ1) is 6.16. The molecule has 0 bridgehead atoms. The van der Waals surface area contributed by atoms with Gasteiger partial charge in [0.15, 0.2) is 0 Å². The topological polar surface area (TPSA) is 32.3 Å². The molecule has 76 valence electrons. The second-order valence-corrected chi connectivity index (χ2v) is 3.32. The second kappa shape index (κ2) is 7.80. The molecule has 0 heterocycles. The maximum Gasteiger partial charge on any atom is 0.244 e. The number of carbonyl (C=O) groups is 1. The van der Waals surface area contributed by atoms with Gasteiger partial charge < -0.3 is 5.32 Å². The van der Waals surface area contributed by atoms with Gasteiger partial charge in [0.05, 0.1) is 6.67 Å². The number of hydrogen-bond donors (Lipinski definition) is 1. The number of nitrogens with zero attached hydrogens (tertiary/aromatic N) is 1. The Morgan fingerprint density at radius 2 is 2.15 bits per heavy atom. The van der Waals surface area contributed by atoms with E-state index in [1.807, 2.05) is 25.1 Å². The van der Waals surface area contributed by atoms with Crippen LogP contribution in [-0.2, 0) is 4.79 Å². The molecule has 0 aliphatic carbocycles. The maximum absolute atomic E-state index is 11.1. The standard InChI is InChI=1S/C10H20N2O/c1-4-5-6-7-8-10(13)11-9-12(2)3/h7-8H,4-6,9H2,1-3H3,(H,11,13)/b8-7+. The zero-order chi connectivity index (χ0) is 10.1. The molecule has 1 N–H and O–H groups in total. The van der Waals surface area contributed by atoms with Crippen LogP contribution >= 0.6 is 0 Å². The number of unbranched alkanes of at least 4 members (excludes halogenated alkanes) is 2. The summed E-state index contributed by atoms with van der Waals surface area (Å²) in [5.41, 5.74) is 0. The molecule has 0 saturated heterocycles. The number of allylic oxidation sites excluding steroid dienone is 1. The monoisotopic (exact) mass is 184 g/mol. The van der Waals surface area contributed by atoms with Crippen LogP contribution in [0.4, 0.5) is 0 Å². The van der Waals surface area contributed by atoms with E-state index in [-0.39, 0.29) is 5.91 Å². The molecular formula is C10H20N2O. The number of carbonyl (C=O) groups excluding carboxylic acids is 1. The number of nitrogens with one attached hydrogen (secondary N) is 1. The fourth-order valence-electron chi connectivity index (χ4n) is 0.807. The summed E-state index contributed by atoms with van der Waals surface area (Å²) in [5, 5.41) is 2.76. The SMILES string of the molecule is CCCC/C=C/C(=O)NCN(C)C. The Hall–Kier alpha value is -0.830. The van der Waals surface area contributed by atoms with Crippen molar-refractivity contribution in [2.75, 3.05) is 20.8 Å². The molecule has 0 aliphatic rings. The minimum absolute atomic E-state index is 0.00944. The lowest BCUT2D eigenvalue weighted by Crippen LogP contribution is -2.31. The summed E-state index contributed by atoms with van der Waals surface area (Å²) in [5.74, 6) is -0.00944. The van der Waals surface area contributed by atoms with Crippen molar-refractivity contribution >= 4 is 5.91 Å². The van der Waals surface area contributed by atoms with E-state index in [1.54, 1.807) is 6.08 Å². The van der Waals surface area contributed by atoms with Gasteiger partial charge in [-0.15, -0.1) is 0 Å². The molecular weight excluding hydrogens is 164 g/mol. The van der Waals surface area contributed by atoms with Crippen molar-refractivity contribution in [3.63, 3.8) is 0 Å². The third kappa shape index (κ3) is 9.08. The first-order valence-corrected chi connectivity index (χ1v) is 4.76. The van der Waals surface area contributed by atoms with Crippen LogP contribution in [0.25, 0.3) is 0 Å². The summed E-state index contributed by atoms with van der Waals surface area (Å²) in [7, 11) is 3.84. The predicted octanol–water partition coefficient (Wildman–Crippen LogP) is 1.37. The smallest absolute Gasteiger partial charge is 0.244 e. The highest BCUT2D eigenvalue weighted by molar-refractivity contribution is 5.87. The highest BCUT2D eigenvalue weighted by Crippen LogP contribution is 1.94. The zero-order valence-electron chi connectivity index (χ0n) is 8.84. The van der Waals surface area contributed by atoms with E-state index in [0.717, 1.165) is 12.8 Å². The van der Waals surface area contributed by atoms with Gasteiger partial charge in [-0.2, -0.15) is 0 Å². The van der Waals surface area contributed by atoms with Crippen LogP contribution in [0, 0.1) is 0 Å². The van der Waals surface area contributed by atoms with Crippen LogP contribution in [0.5, 0.6) is 0 Å². The van der Waals surface area contributed by atoms with E-state index < -0.39 is 0 Å². The minimum atomic E-state index is -0.00944. The molecule has 13 heavy (non-hydrogen) atoms. The molecule has 0 fully saturated rings. The van der Waals surface area contributed by atoms with Gasteiger partial charge in [0.2, 0.25) is 5.91 Å². The van der Waals surface area contributed by atoms with E-state index in [0.29, 0.717) is 6.67 Å². The van der Waals surface area contributed by atoms with Crippen LogP contribution in [0.1, 0.15) is 26.2 Å². The van der Waals surface area contributed by atoms with Gasteiger partial charge in [-0.3, -0.25) is 9.69 Å². The average molecular weight is 184 g/mol. The van der Waals surface area contributed by atoms with Crippen molar-refractivity contribution in [3.05, 3.63) is 12.2 Å². The van der Waals surface area contributed by atoms with Gasteiger partial charge in [-0.1, -0.05) is 25.8 Å². The van der Waals surface area contributed by atoms with Crippen molar-refractivity contribution in [2.45, 2.75) is 26.2 Å². The lowest BCUT2D eigenvalue weighted by Gasteiger charge is -2.08. The van der Waals surface area contributed by atoms with Crippen LogP contribution < -0.4 is 5.32 Å². The number of amides is 1. The Labute approximate surface area is 80.8 Å². The Kier molecular flexibility index (Phi) is 7.30. The first kappa shape index (κ1) is 12.2. The van der Waals surface area contributed by atoms with E-state index in [1.165, 1.54) is 6.42 Å². The predicted molar refractivity (Wildman–Crippen MR) is 55.4 cm³/mol. The van der Waals surface area contributed by atoms with Gasteiger partial charge in [0.1, 0.15) is 0 Å². The summed E-state index contributed by atoms with van der Waals surface area (Å²) < 4.78 is 0. The third-order valence-electron chi connectivity index (χ3n) is 1.56. The summed E-state index contributed by atoms with van der Waals surface area (Å²) in [4.78, 5) is 13.0. The Morgan fingerprint density at radius 3 is 2.69 bits per heavy atom. The molecule has 0 radical (unpaired) electrons. The van der Waals surface area contributed by atoms with Crippen LogP contribution in [0.2, 0.25) is 0 Å². The average Bonchev–Trinajstić information content (AvgIpc) is 2.09. The molecule has 0 rings (SSSR count). The molecule has 0 spiro atoms. The fourth-order valence-corrected chi connectivity index (χ4v) is 0.807. The van der Waals surface area contributed by atoms with Crippen LogP contribution in [0.15, 0.2) is 12.2 Å². The molecule has 3 nitrogen and oxygen atoms in total. The lowest BCUT2D eigenvalue weighted by molar-refractivity contribution is -0.117. The van der Waals surface area contributed by atoms with E-state index in [4.69, 9.17) is 0 Å². The molecule has 0 unspecified atom stereocenters. The van der Waals surface area contributed by atoms with Gasteiger partial charge >= 0.3 is 0 Å². The second-order valence-electron chi connectivity index (χ2n) is 3.32. The number of rotatable bonds is 6. The Bertz CT molecular complexity index is 164. The molecule has 0 aliphatic heterocycles. The normalized spacial score (nSPS) is 11.1. The van der Waals surface area contributed by atoms with Crippen molar-refractivity contribution in [3.8, 4) is 0 Å². The van der Waals surface area contributed by atoms with Crippen LogP contribution in [0.3, 0.4) is 0 Å². The Morgan fingerprint density at radius 1 is 1.46 bits per heavy atom. The third-order valence-corrected chi connectivity index (χ3v) is 1.56. The van der Waals surface area contributed by atoms with Gasteiger partial charge in [0, 0.05) is 0 Å². The minimum Gasteiger partial charge on any atom is -0.340 e. The highest BCUT2D eigenvalue weighted by atomic mass is 16.1. The van der Waals surface area contributed by atoms with Gasteiger partial charge in [-0.25, -0.2) is 0 Å². The van der Waals surface area contributed by atoms with Gasteiger partial charge in [0.25, 0.3) is 0 Å². The van der Waals surface area contributed by atoms with Crippen molar-refractivity contribution in [1.29, 1.82) is 0 Å². The molecule has 0 aromatic rings. The number of hydrogen-bond acceptors (Lipinski definition) is 2. The van der Waals surface area contributed by atoms with E-state index in [9.17, 15) is 4.79 Å². The van der Waals surface area contributed by atoms with E-state index >= 15 is 0 Å². The van der Waals surface area contributed by atoms with E-state index in [2.05, 4.69) is 12.2 Å². The zero-order valence-corrected chi connectivity index (χ0v) is 8.84. The molecule has 0 atom stereocenters. The largest absolute Gasteiger partial charge is 0.340 e. The fraction of sp³-hybridized carbons (Fsp3) is 0.700. The van der Waals surface area contributed by atoms with Crippen molar-refractivity contribution in [2.24, 2.45) is 0 Å². The summed E-state index contributed by atoms with van der Waals surface area (Å²) in [6, 6.07) is 0. The van der Waals surface area contributed by atoms with Crippen molar-refractivity contribution in [1.82, 2.24) is 10.2 Å². The van der Waals surface area contributed by atoms with Gasteiger partial charge in [-0.05, 0) is 26.6 Å². The quantitative estimate of drug-likeness (QED) is 0.384. The molecule has 0 saturated carbocycles. The molecule has 3 heteroatoms. The first-order valence-electron chi connectivity index (χ1n) is 4.76. The summed E-state index contributed by atoms with van der Waals surface area (Å²) in [6.45, 7) is 2.73. The molecule has 1 amide bonds. The Balaban J connectivity index is 3.44. The molecule has 0 aromatic heterocycles. The lowest BCUT2D eigenvalue weighted by atomic mass is 10.2. The van der Waals surface area contributed by atoms with Crippen LogP contribution in [-0.4, -0.2) is 31.6 Å². The summed E-state index contributed by atoms with van der Waals surface area (Å²) in [6.07, 6.45) is 6.85. The molecule has 0 aromatic carbocycles. The summed E-state index contributed by atoms with van der Waals surface area (Å²) >= 11 is 0.